The second-order valence-corrected chi connectivity index (χ2v) is 4.29. The van der Waals surface area contributed by atoms with Crippen LogP contribution in [0.25, 0.3) is 11.1 Å². The van der Waals surface area contributed by atoms with Crippen molar-refractivity contribution < 1.29 is 17.9 Å². The van der Waals surface area contributed by atoms with Crippen LogP contribution in [0, 0.1) is 11.3 Å². The molecule has 20 heavy (non-hydrogen) atoms. The van der Waals surface area contributed by atoms with Gasteiger partial charge < -0.3 is 4.74 Å². The fourth-order valence-electron chi connectivity index (χ4n) is 1.71. The van der Waals surface area contributed by atoms with Crippen molar-refractivity contribution in [2.24, 2.45) is 0 Å². The van der Waals surface area contributed by atoms with Gasteiger partial charge in [-0.05, 0) is 29.8 Å². The number of halogens is 4. The van der Waals surface area contributed by atoms with Crippen LogP contribution in [0.15, 0.2) is 42.5 Å². The molecule has 0 aliphatic rings. The van der Waals surface area contributed by atoms with Gasteiger partial charge in [0.1, 0.15) is 5.75 Å². The monoisotopic (exact) mass is 297 g/mol. The van der Waals surface area contributed by atoms with Crippen molar-refractivity contribution in [1.29, 1.82) is 5.26 Å². The number of nitrogens with zero attached hydrogens (tertiary/aromatic N) is 1. The number of ether oxygens (including phenoxy) is 1. The zero-order chi connectivity index (χ0) is 14.8. The van der Waals surface area contributed by atoms with Crippen molar-refractivity contribution in [1.82, 2.24) is 0 Å². The molecule has 0 saturated heterocycles. The minimum Gasteiger partial charge on any atom is -0.406 e. The van der Waals surface area contributed by atoms with Crippen LogP contribution in [-0.4, -0.2) is 6.36 Å². The molecule has 0 radical (unpaired) electrons. The summed E-state index contributed by atoms with van der Waals surface area (Å²) in [4.78, 5) is 0. The molecule has 2 aromatic carbocycles. The molecule has 6 heteroatoms. The summed E-state index contributed by atoms with van der Waals surface area (Å²) in [6.45, 7) is 0. The highest BCUT2D eigenvalue weighted by molar-refractivity contribution is 6.33. The molecule has 0 N–H and O–H groups in total. The van der Waals surface area contributed by atoms with Gasteiger partial charge in [0.25, 0.3) is 0 Å². The zero-order valence-corrected chi connectivity index (χ0v) is 10.7. The zero-order valence-electron chi connectivity index (χ0n) is 9.91. The molecule has 2 aromatic rings. The lowest BCUT2D eigenvalue weighted by atomic mass is 10.0. The number of benzene rings is 2. The fraction of sp³-hybridized carbons (Fsp3) is 0.0714. The molecule has 0 spiro atoms. The standard InChI is InChI=1S/C14H7ClF3NO/c15-13-4-2-1-3-12(13)10-5-9(8-19)6-11(7-10)20-14(16,17)18/h1-7H. The van der Waals surface area contributed by atoms with Crippen LogP contribution in [-0.2, 0) is 0 Å². The summed E-state index contributed by atoms with van der Waals surface area (Å²) in [5.41, 5.74) is 0.967. The van der Waals surface area contributed by atoms with Crippen LogP contribution in [0.4, 0.5) is 13.2 Å². The largest absolute Gasteiger partial charge is 0.573 e. The van der Waals surface area contributed by atoms with E-state index in [0.29, 0.717) is 16.1 Å². The van der Waals surface area contributed by atoms with Crippen LogP contribution in [0.3, 0.4) is 0 Å². The van der Waals surface area contributed by atoms with E-state index in [4.69, 9.17) is 16.9 Å². The highest BCUT2D eigenvalue weighted by Gasteiger charge is 2.31. The first kappa shape index (κ1) is 14.2. The van der Waals surface area contributed by atoms with Gasteiger partial charge in [0.15, 0.2) is 0 Å². The van der Waals surface area contributed by atoms with Gasteiger partial charge >= 0.3 is 6.36 Å². The molecular formula is C14H7ClF3NO. The van der Waals surface area contributed by atoms with E-state index in [-0.39, 0.29) is 5.56 Å². The summed E-state index contributed by atoms with van der Waals surface area (Å²) >= 11 is 5.99. The van der Waals surface area contributed by atoms with E-state index in [0.717, 1.165) is 6.07 Å². The minimum atomic E-state index is -4.81. The molecular weight excluding hydrogens is 291 g/mol. The number of nitriles is 1. The summed E-state index contributed by atoms with van der Waals surface area (Å²) in [7, 11) is 0. The highest BCUT2D eigenvalue weighted by Crippen LogP contribution is 2.33. The Balaban J connectivity index is 2.52. The van der Waals surface area contributed by atoms with Crippen molar-refractivity contribution in [2.45, 2.75) is 6.36 Å². The second kappa shape index (κ2) is 5.43. The van der Waals surface area contributed by atoms with Gasteiger partial charge in [-0.2, -0.15) is 5.26 Å². The van der Waals surface area contributed by atoms with Crippen LogP contribution < -0.4 is 4.74 Å². The van der Waals surface area contributed by atoms with Crippen LogP contribution in [0.1, 0.15) is 5.56 Å². The molecule has 0 aliphatic carbocycles. The minimum absolute atomic E-state index is 0.0571. The van der Waals surface area contributed by atoms with Crippen molar-refractivity contribution in [3.8, 4) is 22.9 Å². The van der Waals surface area contributed by atoms with Crippen LogP contribution in [0.5, 0.6) is 5.75 Å². The van der Waals surface area contributed by atoms with Gasteiger partial charge in [-0.3, -0.25) is 0 Å². The van der Waals surface area contributed by atoms with E-state index in [1.54, 1.807) is 30.3 Å². The van der Waals surface area contributed by atoms with Gasteiger partial charge in [0, 0.05) is 10.6 Å². The number of hydrogen-bond acceptors (Lipinski definition) is 2. The lowest BCUT2D eigenvalue weighted by Gasteiger charge is -2.11. The first-order valence-corrected chi connectivity index (χ1v) is 5.83. The maximum absolute atomic E-state index is 12.3. The summed E-state index contributed by atoms with van der Waals surface area (Å²) < 4.78 is 40.6. The van der Waals surface area contributed by atoms with Crippen molar-refractivity contribution in [3.05, 3.63) is 53.1 Å². The summed E-state index contributed by atoms with van der Waals surface area (Å²) in [6.07, 6.45) is -4.81. The lowest BCUT2D eigenvalue weighted by Crippen LogP contribution is -2.17. The molecule has 0 atom stereocenters. The van der Waals surface area contributed by atoms with Gasteiger partial charge in [0.2, 0.25) is 0 Å². The second-order valence-electron chi connectivity index (χ2n) is 3.89. The Labute approximate surface area is 118 Å². The van der Waals surface area contributed by atoms with Gasteiger partial charge in [-0.15, -0.1) is 13.2 Å². The fourth-order valence-corrected chi connectivity index (χ4v) is 1.95. The normalized spacial score (nSPS) is 10.9. The van der Waals surface area contributed by atoms with E-state index in [2.05, 4.69) is 4.74 Å². The SMILES string of the molecule is N#Cc1cc(OC(F)(F)F)cc(-c2ccccc2Cl)c1. The Hall–Kier alpha value is -2.19. The Bertz CT molecular complexity index is 677. The summed E-state index contributed by atoms with van der Waals surface area (Å²) in [6, 6.07) is 12.1. The lowest BCUT2D eigenvalue weighted by molar-refractivity contribution is -0.274. The van der Waals surface area contributed by atoms with E-state index in [1.165, 1.54) is 12.1 Å². The van der Waals surface area contributed by atoms with Gasteiger partial charge in [0.05, 0.1) is 11.6 Å². The molecule has 2 nitrogen and oxygen atoms in total. The molecule has 0 heterocycles. The van der Waals surface area contributed by atoms with Crippen molar-refractivity contribution in [3.63, 3.8) is 0 Å². The van der Waals surface area contributed by atoms with E-state index < -0.39 is 12.1 Å². The molecule has 0 fully saturated rings. The number of alkyl halides is 3. The molecule has 0 amide bonds. The quantitative estimate of drug-likeness (QED) is 0.799. The molecule has 0 unspecified atom stereocenters. The molecule has 102 valence electrons. The third-order valence-electron chi connectivity index (χ3n) is 2.45. The average Bonchev–Trinajstić information content (AvgIpc) is 2.36. The Morgan fingerprint density at radius 1 is 1.10 bits per heavy atom. The first-order valence-electron chi connectivity index (χ1n) is 5.45. The topological polar surface area (TPSA) is 33.0 Å². The Kier molecular flexibility index (Phi) is 3.86. The maximum Gasteiger partial charge on any atom is 0.573 e. The Morgan fingerprint density at radius 3 is 2.40 bits per heavy atom. The maximum atomic E-state index is 12.3. The molecule has 0 aromatic heterocycles. The molecule has 0 aliphatic heterocycles. The summed E-state index contributed by atoms with van der Waals surface area (Å²) in [5, 5.41) is 9.26. The van der Waals surface area contributed by atoms with Crippen LogP contribution in [0.2, 0.25) is 5.02 Å². The van der Waals surface area contributed by atoms with E-state index in [1.807, 2.05) is 0 Å². The highest BCUT2D eigenvalue weighted by atomic mass is 35.5. The third-order valence-corrected chi connectivity index (χ3v) is 2.78. The molecule has 2 rings (SSSR count). The average molecular weight is 298 g/mol. The number of rotatable bonds is 2. The predicted octanol–water partition coefficient (Wildman–Crippen LogP) is 4.78. The van der Waals surface area contributed by atoms with Crippen LogP contribution >= 0.6 is 11.6 Å². The summed E-state index contributed by atoms with van der Waals surface area (Å²) in [5.74, 6) is -0.452. The van der Waals surface area contributed by atoms with Gasteiger partial charge in [-0.25, -0.2) is 0 Å². The predicted molar refractivity (Wildman–Crippen MR) is 68.3 cm³/mol. The molecule has 0 bridgehead atoms. The van der Waals surface area contributed by atoms with E-state index >= 15 is 0 Å². The Morgan fingerprint density at radius 2 is 1.80 bits per heavy atom. The van der Waals surface area contributed by atoms with Gasteiger partial charge in [-0.1, -0.05) is 29.8 Å². The number of hydrogen-bond donors (Lipinski definition) is 0. The third kappa shape index (κ3) is 3.43. The smallest absolute Gasteiger partial charge is 0.406 e. The van der Waals surface area contributed by atoms with Crippen molar-refractivity contribution >= 4 is 11.6 Å². The molecule has 0 saturated carbocycles. The van der Waals surface area contributed by atoms with E-state index in [9.17, 15) is 13.2 Å². The van der Waals surface area contributed by atoms with Crippen molar-refractivity contribution in [2.75, 3.05) is 0 Å². The first-order chi connectivity index (χ1) is 9.39.